The minimum atomic E-state index is -3.63. The molecule has 1 aromatic rings. The van der Waals surface area contributed by atoms with Crippen LogP contribution in [0.3, 0.4) is 0 Å². The summed E-state index contributed by atoms with van der Waals surface area (Å²) in [5, 5.41) is 17.9. The molecule has 2 aliphatic heterocycles. The predicted octanol–water partition coefficient (Wildman–Crippen LogP) is 1.06. The van der Waals surface area contributed by atoms with E-state index in [0.29, 0.717) is 25.6 Å². The zero-order chi connectivity index (χ0) is 19.3. The Balaban J connectivity index is 0.000000299. The molecule has 3 fully saturated rings. The van der Waals surface area contributed by atoms with Crippen LogP contribution in [0.25, 0.3) is 0 Å². The summed E-state index contributed by atoms with van der Waals surface area (Å²) in [4.78, 5) is 2.29. The first-order valence-electron chi connectivity index (χ1n) is 9.59. The van der Waals surface area contributed by atoms with Gasteiger partial charge in [-0.1, -0.05) is 36.4 Å². The highest BCUT2D eigenvalue weighted by atomic mass is 32.2. The molecule has 0 unspecified atom stereocenters. The van der Waals surface area contributed by atoms with Crippen molar-refractivity contribution in [3.05, 3.63) is 36.4 Å². The lowest BCUT2D eigenvalue weighted by Crippen LogP contribution is -2.73. The van der Waals surface area contributed by atoms with Gasteiger partial charge in [-0.15, -0.1) is 0 Å². The second-order valence-electron chi connectivity index (χ2n) is 7.73. The first-order chi connectivity index (χ1) is 12.9. The number of piperidine rings is 1. The lowest BCUT2D eigenvalue weighted by molar-refractivity contribution is -0.0255. The van der Waals surface area contributed by atoms with E-state index in [2.05, 4.69) is 16.3 Å². The van der Waals surface area contributed by atoms with Crippen LogP contribution in [0.5, 0.6) is 0 Å². The lowest BCUT2D eigenvalue weighted by Gasteiger charge is -2.55. The van der Waals surface area contributed by atoms with Gasteiger partial charge in [0, 0.05) is 38.3 Å². The molecule has 4 rings (SSSR count). The summed E-state index contributed by atoms with van der Waals surface area (Å²) >= 11 is 0. The van der Waals surface area contributed by atoms with Crippen LogP contribution in [-0.2, 0) is 10.2 Å². The average molecular weight is 392 g/mol. The molecular weight excluding hydrogens is 362 g/mol. The van der Waals surface area contributed by atoms with E-state index >= 15 is 0 Å². The van der Waals surface area contributed by atoms with Crippen LogP contribution in [0.4, 0.5) is 0 Å². The monoisotopic (exact) mass is 391 g/mol. The van der Waals surface area contributed by atoms with Crippen molar-refractivity contribution < 1.29 is 8.42 Å². The Morgan fingerprint density at radius 1 is 1.00 bits per heavy atom. The van der Waals surface area contributed by atoms with Crippen LogP contribution >= 0.6 is 0 Å². The Kier molecular flexibility index (Phi) is 6.50. The third-order valence-electron chi connectivity index (χ3n) is 5.59. The van der Waals surface area contributed by atoms with Crippen molar-refractivity contribution in [3.8, 4) is 6.07 Å². The molecule has 1 aromatic carbocycles. The van der Waals surface area contributed by atoms with Crippen molar-refractivity contribution in [1.82, 2.24) is 14.5 Å². The molecule has 7 nitrogen and oxygen atoms in total. The second kappa shape index (κ2) is 8.67. The summed E-state index contributed by atoms with van der Waals surface area (Å²) in [6.45, 7) is 2.54. The van der Waals surface area contributed by atoms with Crippen LogP contribution in [0, 0.1) is 11.3 Å². The summed E-state index contributed by atoms with van der Waals surface area (Å²) in [5.74, 6) is 0. The molecule has 0 radical (unpaired) electrons. The number of nitriles is 1. The van der Waals surface area contributed by atoms with Gasteiger partial charge in [-0.05, 0) is 25.7 Å². The van der Waals surface area contributed by atoms with Gasteiger partial charge in [0.25, 0.3) is 10.2 Å². The molecule has 1 saturated carbocycles. The van der Waals surface area contributed by atoms with Gasteiger partial charge in [0.1, 0.15) is 0 Å². The number of nitrogens with zero attached hydrogens (tertiary/aromatic N) is 3. The predicted molar refractivity (Wildman–Crippen MR) is 105 cm³/mol. The summed E-state index contributed by atoms with van der Waals surface area (Å²) in [7, 11) is -3.63. The maximum absolute atomic E-state index is 11.4. The molecule has 2 saturated heterocycles. The minimum Gasteiger partial charge on any atom is -0.311 e. The molecule has 0 bridgehead atoms. The number of nitrogens with two attached hydrogens (primary N) is 1. The van der Waals surface area contributed by atoms with Crippen molar-refractivity contribution >= 4 is 10.2 Å². The first-order valence-corrected chi connectivity index (χ1v) is 11.1. The third kappa shape index (κ3) is 5.50. The molecule has 3 N–H and O–H groups in total. The molecule has 1 aliphatic carbocycles. The van der Waals surface area contributed by atoms with Crippen molar-refractivity contribution in [2.75, 3.05) is 26.2 Å². The topological polar surface area (TPSA) is 102 Å². The second-order valence-corrected chi connectivity index (χ2v) is 9.28. The van der Waals surface area contributed by atoms with Crippen molar-refractivity contribution in [2.45, 2.75) is 49.7 Å². The standard InChI is InChI=1S/C13H23N5O2S.C6H6/c14-6-5-13(9-18(10-13)21(15,19)20)17-7-3-12(4-8-17)16-11-1-2-11;1-2-4-6-5-3-1/h11-12,16H,1-5,7-10H2,(H2,15,19,20);1-6H. The van der Waals surface area contributed by atoms with E-state index in [0.717, 1.165) is 32.0 Å². The van der Waals surface area contributed by atoms with Gasteiger partial charge in [-0.25, -0.2) is 5.14 Å². The number of benzene rings is 1. The normalized spacial score (nSPS) is 23.6. The molecule has 148 valence electrons. The molecule has 2 heterocycles. The van der Waals surface area contributed by atoms with E-state index < -0.39 is 10.2 Å². The number of nitrogens with one attached hydrogen (secondary N) is 1. The van der Waals surface area contributed by atoms with Crippen molar-refractivity contribution in [1.29, 1.82) is 5.26 Å². The highest BCUT2D eigenvalue weighted by molar-refractivity contribution is 7.86. The largest absolute Gasteiger partial charge is 0.311 e. The molecule has 0 spiro atoms. The number of likely N-dealkylation sites (tertiary alicyclic amines) is 1. The number of hydrogen-bond donors (Lipinski definition) is 2. The molecule has 0 aromatic heterocycles. The summed E-state index contributed by atoms with van der Waals surface area (Å²) < 4.78 is 24.0. The van der Waals surface area contributed by atoms with Crippen LogP contribution in [-0.4, -0.2) is 61.4 Å². The van der Waals surface area contributed by atoms with Crippen LogP contribution in [0.1, 0.15) is 32.1 Å². The molecule has 3 aliphatic rings. The van der Waals surface area contributed by atoms with Gasteiger partial charge in [-0.3, -0.25) is 4.90 Å². The Morgan fingerprint density at radius 2 is 1.48 bits per heavy atom. The van der Waals surface area contributed by atoms with Crippen molar-refractivity contribution in [3.63, 3.8) is 0 Å². The Morgan fingerprint density at radius 3 is 1.89 bits per heavy atom. The highest BCUT2D eigenvalue weighted by Crippen LogP contribution is 2.34. The minimum absolute atomic E-state index is 0.328. The van der Waals surface area contributed by atoms with E-state index in [1.807, 2.05) is 36.4 Å². The lowest BCUT2D eigenvalue weighted by atomic mass is 9.84. The zero-order valence-corrected chi connectivity index (χ0v) is 16.4. The fraction of sp³-hybridized carbons (Fsp3) is 0.632. The van der Waals surface area contributed by atoms with Crippen LogP contribution in [0.2, 0.25) is 0 Å². The Labute approximate surface area is 162 Å². The number of hydrogen-bond acceptors (Lipinski definition) is 5. The average Bonchev–Trinajstić information content (AvgIpc) is 3.44. The van der Waals surface area contributed by atoms with Gasteiger partial charge in [0.2, 0.25) is 0 Å². The van der Waals surface area contributed by atoms with Crippen molar-refractivity contribution in [2.24, 2.45) is 5.14 Å². The smallest absolute Gasteiger partial charge is 0.277 e. The molecular formula is C19H29N5O2S. The molecule has 8 heteroatoms. The summed E-state index contributed by atoms with van der Waals surface area (Å²) in [6.07, 6.45) is 5.08. The van der Waals surface area contributed by atoms with Gasteiger partial charge in [0.15, 0.2) is 0 Å². The molecule has 0 amide bonds. The Bertz CT molecular complexity index is 704. The van der Waals surface area contributed by atoms with E-state index in [-0.39, 0.29) is 5.54 Å². The van der Waals surface area contributed by atoms with Crippen LogP contribution < -0.4 is 10.5 Å². The van der Waals surface area contributed by atoms with Gasteiger partial charge < -0.3 is 5.32 Å². The van der Waals surface area contributed by atoms with Gasteiger partial charge in [0.05, 0.1) is 18.0 Å². The van der Waals surface area contributed by atoms with E-state index in [4.69, 9.17) is 10.4 Å². The fourth-order valence-electron chi connectivity index (χ4n) is 3.85. The maximum atomic E-state index is 11.4. The van der Waals surface area contributed by atoms with E-state index in [1.54, 1.807) is 0 Å². The summed E-state index contributed by atoms with van der Waals surface area (Å²) in [5.41, 5.74) is -0.328. The van der Waals surface area contributed by atoms with Crippen LogP contribution in [0.15, 0.2) is 36.4 Å². The van der Waals surface area contributed by atoms with Gasteiger partial charge in [-0.2, -0.15) is 18.0 Å². The van der Waals surface area contributed by atoms with Gasteiger partial charge >= 0.3 is 0 Å². The zero-order valence-electron chi connectivity index (χ0n) is 15.6. The van der Waals surface area contributed by atoms with E-state index in [1.165, 1.54) is 17.1 Å². The molecule has 0 atom stereocenters. The third-order valence-corrected chi connectivity index (χ3v) is 6.57. The first kappa shape index (κ1) is 20.2. The number of rotatable bonds is 5. The van der Waals surface area contributed by atoms with E-state index in [9.17, 15) is 8.42 Å². The Hall–Kier alpha value is -1.50. The quantitative estimate of drug-likeness (QED) is 0.781. The molecule has 27 heavy (non-hydrogen) atoms. The highest BCUT2D eigenvalue weighted by Gasteiger charge is 2.51. The fourth-order valence-corrected chi connectivity index (χ4v) is 4.69. The summed E-state index contributed by atoms with van der Waals surface area (Å²) in [6, 6.07) is 15.5. The SMILES string of the molecule is N#CCC1(N2CCC(NC3CC3)CC2)CN(S(N)(=O)=O)C1.c1ccccc1. The maximum Gasteiger partial charge on any atom is 0.277 e.